The first-order valence-corrected chi connectivity index (χ1v) is 7.03. The van der Waals surface area contributed by atoms with Crippen LogP contribution < -0.4 is 10.6 Å². The van der Waals surface area contributed by atoms with Crippen molar-refractivity contribution in [2.24, 2.45) is 5.41 Å². The van der Waals surface area contributed by atoms with Gasteiger partial charge in [0.2, 0.25) is 5.91 Å². The molecule has 0 radical (unpaired) electrons. The average molecular weight is 300 g/mol. The fraction of sp³-hybridized carbons (Fsp3) is 0.786. The van der Waals surface area contributed by atoms with Gasteiger partial charge in [-0.05, 0) is 24.7 Å². The number of urea groups is 1. The molecule has 7 nitrogen and oxygen atoms in total. The highest BCUT2D eigenvalue weighted by molar-refractivity contribution is 5.94. The number of hydrogen-bond acceptors (Lipinski definition) is 4. The van der Waals surface area contributed by atoms with Crippen molar-refractivity contribution < 1.29 is 24.2 Å². The summed E-state index contributed by atoms with van der Waals surface area (Å²) in [4.78, 5) is 34.1. The molecule has 1 fully saturated rings. The van der Waals surface area contributed by atoms with E-state index in [1.165, 1.54) is 0 Å². The summed E-state index contributed by atoms with van der Waals surface area (Å²) >= 11 is 0. The highest BCUT2D eigenvalue weighted by atomic mass is 16.5. The lowest BCUT2D eigenvalue weighted by Crippen LogP contribution is -2.52. The van der Waals surface area contributed by atoms with E-state index < -0.39 is 23.3 Å². The van der Waals surface area contributed by atoms with Gasteiger partial charge in [-0.3, -0.25) is 14.9 Å². The number of carbonyl (C=O) groups excluding carboxylic acids is 2. The molecular formula is C14H24N2O5. The van der Waals surface area contributed by atoms with Crippen molar-refractivity contribution in [3.63, 3.8) is 0 Å². The number of imide groups is 1. The molecule has 0 bridgehead atoms. The number of amides is 3. The van der Waals surface area contributed by atoms with Crippen molar-refractivity contribution in [3.05, 3.63) is 0 Å². The number of carboxylic acids is 1. The molecule has 0 heterocycles. The fourth-order valence-corrected chi connectivity index (χ4v) is 2.39. The van der Waals surface area contributed by atoms with E-state index >= 15 is 0 Å². The van der Waals surface area contributed by atoms with Crippen LogP contribution in [0.3, 0.4) is 0 Å². The maximum Gasteiger partial charge on any atom is 0.321 e. The van der Waals surface area contributed by atoms with Gasteiger partial charge in [0.15, 0.2) is 0 Å². The van der Waals surface area contributed by atoms with Crippen molar-refractivity contribution in [3.8, 4) is 0 Å². The SMILES string of the molecule is COC1(CNC(=O)NC(=O)CC(C)(C)CC(=O)O)CCC1. The van der Waals surface area contributed by atoms with E-state index in [2.05, 4.69) is 10.6 Å². The van der Waals surface area contributed by atoms with Crippen molar-refractivity contribution >= 4 is 17.9 Å². The van der Waals surface area contributed by atoms with Crippen LogP contribution in [0.2, 0.25) is 0 Å². The number of hydrogen-bond donors (Lipinski definition) is 3. The third-order valence-electron chi connectivity index (χ3n) is 3.79. The number of aliphatic carboxylic acids is 1. The number of carboxylic acid groups (broad SMARTS) is 1. The Hall–Kier alpha value is -1.63. The van der Waals surface area contributed by atoms with E-state index in [9.17, 15) is 14.4 Å². The van der Waals surface area contributed by atoms with Crippen LogP contribution in [-0.4, -0.2) is 42.3 Å². The van der Waals surface area contributed by atoms with Gasteiger partial charge in [-0.1, -0.05) is 13.8 Å². The second-order valence-electron chi connectivity index (χ2n) is 6.38. The molecule has 0 aromatic carbocycles. The third kappa shape index (κ3) is 5.71. The monoisotopic (exact) mass is 300 g/mol. The topological polar surface area (TPSA) is 105 Å². The van der Waals surface area contributed by atoms with Crippen LogP contribution in [0.15, 0.2) is 0 Å². The minimum atomic E-state index is -0.968. The molecule has 1 rings (SSSR count). The number of carbonyl (C=O) groups is 3. The zero-order valence-corrected chi connectivity index (χ0v) is 12.8. The van der Waals surface area contributed by atoms with Crippen LogP contribution in [0.25, 0.3) is 0 Å². The Labute approximate surface area is 124 Å². The van der Waals surface area contributed by atoms with Gasteiger partial charge in [0, 0.05) is 20.1 Å². The lowest BCUT2D eigenvalue weighted by Gasteiger charge is -2.40. The lowest BCUT2D eigenvalue weighted by molar-refractivity contribution is -0.139. The molecule has 1 aliphatic carbocycles. The summed E-state index contributed by atoms with van der Waals surface area (Å²) in [5.74, 6) is -1.46. The Bertz CT molecular complexity index is 410. The van der Waals surface area contributed by atoms with E-state index in [1.54, 1.807) is 21.0 Å². The smallest absolute Gasteiger partial charge is 0.321 e. The molecule has 21 heavy (non-hydrogen) atoms. The molecule has 3 N–H and O–H groups in total. The van der Waals surface area contributed by atoms with Crippen LogP contribution in [0.5, 0.6) is 0 Å². The van der Waals surface area contributed by atoms with Crippen LogP contribution in [0, 0.1) is 5.41 Å². The Morgan fingerprint density at radius 2 is 1.86 bits per heavy atom. The Morgan fingerprint density at radius 3 is 2.29 bits per heavy atom. The summed E-state index contributed by atoms with van der Waals surface area (Å²) in [6, 6.07) is -0.575. The number of nitrogens with one attached hydrogen (secondary N) is 2. The number of ether oxygens (including phenoxy) is 1. The molecule has 0 aromatic rings. The lowest BCUT2D eigenvalue weighted by atomic mass is 9.80. The Morgan fingerprint density at radius 1 is 1.24 bits per heavy atom. The van der Waals surface area contributed by atoms with Crippen LogP contribution >= 0.6 is 0 Å². The molecule has 0 spiro atoms. The van der Waals surface area contributed by atoms with E-state index in [0.29, 0.717) is 6.54 Å². The first kappa shape index (κ1) is 17.4. The zero-order valence-electron chi connectivity index (χ0n) is 12.8. The normalized spacial score (nSPS) is 16.7. The molecule has 0 saturated heterocycles. The van der Waals surface area contributed by atoms with E-state index in [0.717, 1.165) is 19.3 Å². The summed E-state index contributed by atoms with van der Waals surface area (Å²) in [5, 5.41) is 13.6. The standard InChI is InChI=1S/C14H24N2O5/c1-13(2,8-11(18)19)7-10(17)16-12(20)15-9-14(21-3)5-4-6-14/h4-9H2,1-3H3,(H,18,19)(H2,15,16,17,20). The largest absolute Gasteiger partial charge is 0.481 e. The summed E-state index contributed by atoms with van der Waals surface area (Å²) in [6.07, 6.45) is 2.70. The molecule has 0 aromatic heterocycles. The van der Waals surface area contributed by atoms with Crippen LogP contribution in [0.1, 0.15) is 46.0 Å². The summed E-state index contributed by atoms with van der Waals surface area (Å²) in [5.41, 5.74) is -0.999. The van der Waals surface area contributed by atoms with Gasteiger partial charge in [-0.15, -0.1) is 0 Å². The van der Waals surface area contributed by atoms with Crippen LogP contribution in [-0.2, 0) is 14.3 Å². The molecule has 0 unspecified atom stereocenters. The van der Waals surface area contributed by atoms with E-state index in [4.69, 9.17) is 9.84 Å². The molecule has 0 aliphatic heterocycles. The highest BCUT2D eigenvalue weighted by Gasteiger charge is 2.37. The van der Waals surface area contributed by atoms with Gasteiger partial charge in [0.05, 0.1) is 12.0 Å². The Kier molecular flexibility index (Phi) is 5.71. The predicted molar refractivity (Wildman–Crippen MR) is 75.8 cm³/mol. The first-order valence-electron chi connectivity index (χ1n) is 7.03. The molecule has 1 aliphatic rings. The van der Waals surface area contributed by atoms with Crippen LogP contribution in [0.4, 0.5) is 4.79 Å². The predicted octanol–water partition coefficient (Wildman–Crippen LogP) is 1.27. The minimum absolute atomic E-state index is 0.0257. The van der Waals surface area contributed by atoms with Crippen molar-refractivity contribution in [2.45, 2.75) is 51.6 Å². The van der Waals surface area contributed by atoms with Gasteiger partial charge in [-0.25, -0.2) is 4.79 Å². The quantitative estimate of drug-likeness (QED) is 0.657. The minimum Gasteiger partial charge on any atom is -0.481 e. The van der Waals surface area contributed by atoms with Gasteiger partial charge in [0.25, 0.3) is 0 Å². The molecule has 120 valence electrons. The van der Waals surface area contributed by atoms with Gasteiger partial charge >= 0.3 is 12.0 Å². The molecule has 0 atom stereocenters. The Balaban J connectivity index is 2.33. The van der Waals surface area contributed by atoms with Crippen molar-refractivity contribution in [1.29, 1.82) is 0 Å². The zero-order chi connectivity index (χ0) is 16.1. The summed E-state index contributed by atoms with van der Waals surface area (Å²) < 4.78 is 5.36. The third-order valence-corrected chi connectivity index (χ3v) is 3.79. The number of rotatable bonds is 7. The van der Waals surface area contributed by atoms with E-state index in [-0.39, 0.29) is 18.4 Å². The maximum absolute atomic E-state index is 11.7. The number of methoxy groups -OCH3 is 1. The average Bonchev–Trinajstić information content (AvgIpc) is 2.24. The van der Waals surface area contributed by atoms with Gasteiger partial charge in [-0.2, -0.15) is 0 Å². The molecule has 7 heteroatoms. The fourth-order valence-electron chi connectivity index (χ4n) is 2.39. The van der Waals surface area contributed by atoms with Gasteiger partial charge < -0.3 is 15.2 Å². The molecule has 3 amide bonds. The van der Waals surface area contributed by atoms with E-state index in [1.807, 2.05) is 0 Å². The second kappa shape index (κ2) is 6.89. The van der Waals surface area contributed by atoms with Crippen molar-refractivity contribution in [1.82, 2.24) is 10.6 Å². The first-order chi connectivity index (χ1) is 9.68. The summed E-state index contributed by atoms with van der Waals surface area (Å²) in [7, 11) is 1.61. The molecular weight excluding hydrogens is 276 g/mol. The summed E-state index contributed by atoms with van der Waals surface area (Å²) in [6.45, 7) is 3.71. The molecule has 1 saturated carbocycles. The van der Waals surface area contributed by atoms with Gasteiger partial charge in [0.1, 0.15) is 0 Å². The maximum atomic E-state index is 11.7. The second-order valence-corrected chi connectivity index (χ2v) is 6.38. The van der Waals surface area contributed by atoms with Crippen molar-refractivity contribution in [2.75, 3.05) is 13.7 Å². The highest BCUT2D eigenvalue weighted by Crippen LogP contribution is 2.34.